The molecule has 0 aliphatic carbocycles. The Morgan fingerprint density at radius 1 is 1.07 bits per heavy atom. The van der Waals surface area contributed by atoms with Gasteiger partial charge in [-0.2, -0.15) is 4.31 Å². The van der Waals surface area contributed by atoms with Crippen LogP contribution in [0.4, 0.5) is 14.9 Å². The fourth-order valence-electron chi connectivity index (χ4n) is 4.08. The molecule has 2 aliphatic rings. The predicted octanol–water partition coefficient (Wildman–Crippen LogP) is 3.75. The predicted molar refractivity (Wildman–Crippen MR) is 107 cm³/mol. The number of carbonyl (C=O) groups is 1. The molecule has 1 saturated heterocycles. The quantitative estimate of drug-likeness (QED) is 0.761. The van der Waals surface area contributed by atoms with Crippen molar-refractivity contribution in [3.05, 3.63) is 58.9 Å². The smallest absolute Gasteiger partial charge is 0.414 e. The van der Waals surface area contributed by atoms with Gasteiger partial charge >= 0.3 is 6.09 Å². The molecule has 2 heterocycles. The Morgan fingerprint density at radius 2 is 1.79 bits per heavy atom. The van der Waals surface area contributed by atoms with Crippen LogP contribution in [0.5, 0.6) is 0 Å². The van der Waals surface area contributed by atoms with E-state index in [9.17, 15) is 17.6 Å². The van der Waals surface area contributed by atoms with Crippen molar-refractivity contribution in [2.24, 2.45) is 0 Å². The van der Waals surface area contributed by atoms with Gasteiger partial charge in [-0.05, 0) is 56.0 Å². The number of cyclic esters (lactones) is 1. The maximum Gasteiger partial charge on any atom is 0.414 e. The van der Waals surface area contributed by atoms with Gasteiger partial charge in [-0.25, -0.2) is 17.6 Å². The van der Waals surface area contributed by atoms with Gasteiger partial charge in [0.05, 0.1) is 10.6 Å². The molecule has 0 bridgehead atoms. The third-order valence-electron chi connectivity index (χ3n) is 5.67. The Bertz CT molecular complexity index is 1060. The summed E-state index contributed by atoms with van der Waals surface area (Å²) in [6.07, 6.45) is 0.618. The fourth-order valence-corrected chi connectivity index (χ4v) is 5.64. The van der Waals surface area contributed by atoms with E-state index in [-0.39, 0.29) is 36.7 Å². The van der Waals surface area contributed by atoms with E-state index in [1.54, 1.807) is 11.8 Å². The van der Waals surface area contributed by atoms with Crippen LogP contribution < -0.4 is 4.90 Å². The highest BCUT2D eigenvalue weighted by Crippen LogP contribution is 2.35. The van der Waals surface area contributed by atoms with Gasteiger partial charge in [0.2, 0.25) is 10.0 Å². The number of nitrogens with zero attached hydrogens (tertiary/aromatic N) is 2. The summed E-state index contributed by atoms with van der Waals surface area (Å²) in [6.45, 7) is 4.33. The van der Waals surface area contributed by atoms with Gasteiger partial charge in [0, 0.05) is 24.7 Å². The number of anilines is 1. The standard InChI is InChI=1S/C21H23FN2O4S/c1-14-4-3-5-16-13-28-21(25)24(20(14)16)17-8-10-23(11-9-17)29(26,27)18-6-7-19(22)15(2)12-18/h3-7,12,17H,8-11,13H2,1-2H3. The number of ether oxygens (including phenoxy) is 1. The molecule has 0 atom stereocenters. The van der Waals surface area contributed by atoms with Gasteiger partial charge in [-0.15, -0.1) is 0 Å². The molecule has 0 radical (unpaired) electrons. The van der Waals surface area contributed by atoms with E-state index in [4.69, 9.17) is 4.74 Å². The lowest BCUT2D eigenvalue weighted by Crippen LogP contribution is -2.50. The van der Waals surface area contributed by atoms with Crippen molar-refractivity contribution >= 4 is 21.8 Å². The molecule has 6 nitrogen and oxygen atoms in total. The van der Waals surface area contributed by atoms with E-state index in [1.165, 1.54) is 22.5 Å². The Labute approximate surface area is 169 Å². The first-order chi connectivity index (χ1) is 13.8. The summed E-state index contributed by atoms with van der Waals surface area (Å²) in [5.41, 5.74) is 3.13. The molecule has 0 aromatic heterocycles. The lowest BCUT2D eigenvalue weighted by molar-refractivity contribution is 0.135. The van der Waals surface area contributed by atoms with Crippen molar-refractivity contribution < 1.29 is 22.3 Å². The minimum atomic E-state index is -3.71. The van der Waals surface area contributed by atoms with Crippen LogP contribution >= 0.6 is 0 Å². The maximum absolute atomic E-state index is 13.5. The van der Waals surface area contributed by atoms with Crippen molar-refractivity contribution in [2.75, 3.05) is 18.0 Å². The molecule has 29 heavy (non-hydrogen) atoms. The second kappa shape index (κ2) is 7.42. The van der Waals surface area contributed by atoms with Crippen LogP contribution in [0.1, 0.15) is 29.5 Å². The number of aryl methyl sites for hydroxylation is 2. The molecule has 2 aromatic carbocycles. The molecule has 0 saturated carbocycles. The van der Waals surface area contributed by atoms with Gasteiger partial charge < -0.3 is 4.74 Å². The second-order valence-corrected chi connectivity index (χ2v) is 9.49. The van der Waals surface area contributed by atoms with Crippen molar-refractivity contribution in [2.45, 2.75) is 44.2 Å². The molecule has 154 valence electrons. The van der Waals surface area contributed by atoms with Gasteiger partial charge in [-0.3, -0.25) is 4.90 Å². The summed E-state index contributed by atoms with van der Waals surface area (Å²) < 4.78 is 46.2. The molecular weight excluding hydrogens is 395 g/mol. The lowest BCUT2D eigenvalue weighted by Gasteiger charge is -2.40. The molecule has 0 N–H and O–H groups in total. The SMILES string of the molecule is Cc1cc(S(=O)(=O)N2CCC(N3C(=O)OCc4cccc(C)c43)CC2)ccc1F. The zero-order valence-electron chi connectivity index (χ0n) is 16.4. The number of amides is 1. The number of halogens is 1. The second-order valence-electron chi connectivity index (χ2n) is 7.55. The molecule has 1 fully saturated rings. The van der Waals surface area contributed by atoms with E-state index in [1.807, 2.05) is 25.1 Å². The lowest BCUT2D eigenvalue weighted by atomic mass is 10.00. The molecule has 4 rings (SSSR count). The Morgan fingerprint density at radius 3 is 2.48 bits per heavy atom. The molecule has 0 unspecified atom stereocenters. The fraction of sp³-hybridized carbons (Fsp3) is 0.381. The average Bonchev–Trinajstić information content (AvgIpc) is 2.70. The van der Waals surface area contributed by atoms with Crippen LogP contribution in [0.25, 0.3) is 0 Å². The minimum Gasteiger partial charge on any atom is -0.444 e. The minimum absolute atomic E-state index is 0.0911. The molecule has 0 spiro atoms. The van der Waals surface area contributed by atoms with Crippen LogP contribution in [-0.2, 0) is 21.4 Å². The topological polar surface area (TPSA) is 66.9 Å². The molecule has 2 aromatic rings. The van der Waals surface area contributed by atoms with Crippen LogP contribution in [0, 0.1) is 19.7 Å². The molecular formula is C21H23FN2O4S. The first kappa shape index (κ1) is 19.8. The number of hydrogen-bond donors (Lipinski definition) is 0. The summed E-state index contributed by atoms with van der Waals surface area (Å²) in [7, 11) is -3.71. The Hall–Kier alpha value is -2.45. The van der Waals surface area contributed by atoms with Crippen molar-refractivity contribution in [1.82, 2.24) is 4.31 Å². The molecule has 1 amide bonds. The van der Waals surface area contributed by atoms with E-state index < -0.39 is 15.8 Å². The largest absolute Gasteiger partial charge is 0.444 e. The summed E-state index contributed by atoms with van der Waals surface area (Å²) >= 11 is 0. The molecule has 2 aliphatic heterocycles. The van der Waals surface area contributed by atoms with Gasteiger partial charge in [0.1, 0.15) is 12.4 Å². The van der Waals surface area contributed by atoms with Crippen LogP contribution in [0.15, 0.2) is 41.3 Å². The van der Waals surface area contributed by atoms with Crippen molar-refractivity contribution in [1.29, 1.82) is 0 Å². The van der Waals surface area contributed by atoms with Gasteiger partial charge in [0.25, 0.3) is 0 Å². The van der Waals surface area contributed by atoms with Gasteiger partial charge in [0.15, 0.2) is 0 Å². The third kappa shape index (κ3) is 3.51. The number of carbonyl (C=O) groups excluding carboxylic acids is 1. The summed E-state index contributed by atoms with van der Waals surface area (Å²) in [5.74, 6) is -0.430. The highest BCUT2D eigenvalue weighted by molar-refractivity contribution is 7.89. The Kier molecular flexibility index (Phi) is 5.08. The van der Waals surface area contributed by atoms with Crippen molar-refractivity contribution in [3.63, 3.8) is 0 Å². The van der Waals surface area contributed by atoms with Crippen LogP contribution in [0.2, 0.25) is 0 Å². The number of sulfonamides is 1. The summed E-state index contributed by atoms with van der Waals surface area (Å²) in [6, 6.07) is 9.54. The monoisotopic (exact) mass is 418 g/mol. The first-order valence-corrected chi connectivity index (χ1v) is 11.0. The van der Waals surface area contributed by atoms with E-state index in [2.05, 4.69) is 0 Å². The van der Waals surface area contributed by atoms with E-state index >= 15 is 0 Å². The number of benzene rings is 2. The van der Waals surface area contributed by atoms with E-state index in [0.29, 0.717) is 18.4 Å². The maximum atomic E-state index is 13.5. The number of para-hydroxylation sites is 1. The zero-order chi connectivity index (χ0) is 20.8. The Balaban J connectivity index is 1.54. The number of fused-ring (bicyclic) bond motifs is 1. The van der Waals surface area contributed by atoms with Crippen molar-refractivity contribution in [3.8, 4) is 0 Å². The number of rotatable bonds is 3. The number of piperidine rings is 1. The summed E-state index contributed by atoms with van der Waals surface area (Å²) in [4.78, 5) is 14.3. The van der Waals surface area contributed by atoms with Crippen LogP contribution in [-0.4, -0.2) is 37.9 Å². The highest BCUT2D eigenvalue weighted by Gasteiger charge is 2.37. The first-order valence-electron chi connectivity index (χ1n) is 9.60. The van der Waals surface area contributed by atoms with Crippen LogP contribution in [0.3, 0.4) is 0 Å². The third-order valence-corrected chi connectivity index (χ3v) is 7.56. The highest BCUT2D eigenvalue weighted by atomic mass is 32.2. The average molecular weight is 418 g/mol. The summed E-state index contributed by atoms with van der Waals surface area (Å²) in [5, 5.41) is 0. The number of hydrogen-bond acceptors (Lipinski definition) is 4. The van der Waals surface area contributed by atoms with E-state index in [0.717, 1.165) is 16.8 Å². The normalized spacial score (nSPS) is 18.4. The molecule has 8 heteroatoms. The zero-order valence-corrected chi connectivity index (χ0v) is 17.2. The van der Waals surface area contributed by atoms with Gasteiger partial charge in [-0.1, -0.05) is 18.2 Å².